The minimum atomic E-state index is -0.320. The van der Waals surface area contributed by atoms with Crippen LogP contribution >= 0.6 is 0 Å². The molecule has 330 valence electrons. The van der Waals surface area contributed by atoms with Crippen molar-refractivity contribution in [2.24, 2.45) is 0 Å². The van der Waals surface area contributed by atoms with E-state index in [9.17, 15) is 0 Å². The molecule has 0 atom stereocenters. The summed E-state index contributed by atoms with van der Waals surface area (Å²) in [7, 11) is 0. The van der Waals surface area contributed by atoms with Crippen LogP contribution in [0.25, 0.3) is 76.8 Å². The van der Waals surface area contributed by atoms with E-state index < -0.39 is 0 Å². The lowest BCUT2D eigenvalue weighted by atomic mass is 9.88. The standard InChI is InChI=1S/C65H42FN3O/c66-58-39-46(43-20-5-1-6-21-43)38-54(45-24-9-3-10-25-45)65(58)69(47-26-11-4-12-27-47)60-42-56-53-31-19-33-61-64(53)57(41-55(56)50-29-13-14-30-51(50)60)52-36-35-48(40-62(52)70-61)68(63-34-17-18-37-67-63)59-32-16-15-28-49(59)44-22-7-2-8-23-44/h1-42H. The Bertz CT molecular complexity index is 3920. The molecule has 0 unspecified atom stereocenters. The van der Waals surface area contributed by atoms with E-state index in [1.165, 1.54) is 0 Å². The Labute approximate surface area is 405 Å². The fourth-order valence-corrected chi connectivity index (χ4v) is 10.4. The molecule has 13 rings (SSSR count). The van der Waals surface area contributed by atoms with Gasteiger partial charge in [0.2, 0.25) is 0 Å². The lowest BCUT2D eigenvalue weighted by Crippen LogP contribution is -2.14. The molecule has 0 saturated heterocycles. The summed E-state index contributed by atoms with van der Waals surface area (Å²) in [5.41, 5.74) is 11.9. The molecule has 0 spiro atoms. The molecule has 0 saturated carbocycles. The summed E-state index contributed by atoms with van der Waals surface area (Å²) in [6.45, 7) is 0. The minimum Gasteiger partial charge on any atom is -0.456 e. The van der Waals surface area contributed by atoms with Gasteiger partial charge in [0.15, 0.2) is 0 Å². The van der Waals surface area contributed by atoms with Crippen molar-refractivity contribution >= 4 is 66.6 Å². The third kappa shape index (κ3) is 6.94. The molecule has 4 nitrogen and oxygen atoms in total. The van der Waals surface area contributed by atoms with Crippen molar-refractivity contribution in [3.8, 4) is 56.0 Å². The van der Waals surface area contributed by atoms with Gasteiger partial charge in [-0.1, -0.05) is 170 Å². The number of hydrogen-bond acceptors (Lipinski definition) is 4. The zero-order valence-electron chi connectivity index (χ0n) is 37.9. The van der Waals surface area contributed by atoms with Crippen molar-refractivity contribution in [1.29, 1.82) is 0 Å². The van der Waals surface area contributed by atoms with Gasteiger partial charge in [0.25, 0.3) is 0 Å². The zero-order valence-corrected chi connectivity index (χ0v) is 37.9. The quantitative estimate of drug-likeness (QED) is 0.135. The van der Waals surface area contributed by atoms with Crippen molar-refractivity contribution in [3.63, 3.8) is 0 Å². The van der Waals surface area contributed by atoms with Gasteiger partial charge in [-0.3, -0.25) is 4.90 Å². The predicted molar refractivity (Wildman–Crippen MR) is 288 cm³/mol. The highest BCUT2D eigenvalue weighted by molar-refractivity contribution is 6.26. The van der Waals surface area contributed by atoms with E-state index in [0.717, 1.165) is 117 Å². The van der Waals surface area contributed by atoms with Gasteiger partial charge < -0.3 is 9.64 Å². The summed E-state index contributed by atoms with van der Waals surface area (Å²) in [5, 5.41) is 6.28. The first-order valence-corrected chi connectivity index (χ1v) is 23.5. The highest BCUT2D eigenvalue weighted by Gasteiger charge is 2.29. The van der Waals surface area contributed by atoms with E-state index >= 15 is 4.39 Å². The molecule has 0 aliphatic carbocycles. The number of benzene rings is 11. The normalized spacial score (nSPS) is 11.6. The lowest BCUT2D eigenvalue weighted by Gasteiger charge is -2.31. The molecule has 5 heteroatoms. The van der Waals surface area contributed by atoms with Crippen LogP contribution in [0.4, 0.5) is 38.6 Å². The van der Waals surface area contributed by atoms with Gasteiger partial charge in [0.05, 0.1) is 22.7 Å². The largest absolute Gasteiger partial charge is 0.456 e. The third-order valence-corrected chi connectivity index (χ3v) is 13.5. The van der Waals surface area contributed by atoms with Crippen molar-refractivity contribution in [2.45, 2.75) is 0 Å². The monoisotopic (exact) mass is 899 g/mol. The topological polar surface area (TPSA) is 28.6 Å². The van der Waals surface area contributed by atoms with E-state index in [1.807, 2.05) is 97.2 Å². The Balaban J connectivity index is 1.02. The van der Waals surface area contributed by atoms with E-state index in [1.54, 1.807) is 6.07 Å². The molecule has 11 aromatic carbocycles. The molecule has 0 N–H and O–H groups in total. The van der Waals surface area contributed by atoms with Gasteiger partial charge in [0.1, 0.15) is 23.1 Å². The Morgan fingerprint density at radius 2 is 0.971 bits per heavy atom. The average molecular weight is 900 g/mol. The second-order valence-corrected chi connectivity index (χ2v) is 17.6. The molecule has 0 radical (unpaired) electrons. The smallest absolute Gasteiger partial charge is 0.148 e. The predicted octanol–water partition coefficient (Wildman–Crippen LogP) is 18.4. The lowest BCUT2D eigenvalue weighted by molar-refractivity contribution is 0.487. The number of hydrogen-bond donors (Lipinski definition) is 0. The van der Waals surface area contributed by atoms with Gasteiger partial charge in [-0.05, 0) is 122 Å². The Morgan fingerprint density at radius 3 is 1.71 bits per heavy atom. The summed E-state index contributed by atoms with van der Waals surface area (Å²) >= 11 is 0. The number of aromatic nitrogens is 1. The van der Waals surface area contributed by atoms with E-state index in [4.69, 9.17) is 9.72 Å². The second kappa shape index (κ2) is 17.1. The highest BCUT2D eigenvalue weighted by atomic mass is 19.1. The van der Waals surface area contributed by atoms with Gasteiger partial charge in [0, 0.05) is 45.4 Å². The number of halogens is 1. The SMILES string of the molecule is Fc1cc(-c2ccccc2)cc(-c2ccccc2)c1N(c1ccccc1)c1cc2c3cccc4c3c(cc2c2ccccc12)-c1ccc(N(c2ccccn2)c2ccccc2-c2ccccc2)cc1O4. The molecule has 1 aliphatic heterocycles. The summed E-state index contributed by atoms with van der Waals surface area (Å²) in [5.74, 6) is 2.01. The Hall–Kier alpha value is -9.32. The number of anilines is 6. The first-order valence-electron chi connectivity index (χ1n) is 23.5. The molecule has 12 aromatic rings. The number of para-hydroxylation sites is 2. The van der Waals surface area contributed by atoms with Crippen LogP contribution < -0.4 is 14.5 Å². The summed E-state index contributed by atoms with van der Waals surface area (Å²) in [6, 6.07) is 85.0. The number of pyridine rings is 1. The summed E-state index contributed by atoms with van der Waals surface area (Å²) in [4.78, 5) is 9.19. The molecular formula is C65H42FN3O. The average Bonchev–Trinajstić information content (AvgIpc) is 3.43. The van der Waals surface area contributed by atoms with Crippen LogP contribution in [-0.2, 0) is 0 Å². The third-order valence-electron chi connectivity index (χ3n) is 13.5. The van der Waals surface area contributed by atoms with Gasteiger partial charge >= 0.3 is 0 Å². The molecule has 2 heterocycles. The maximum absolute atomic E-state index is 17.7. The van der Waals surface area contributed by atoms with Crippen LogP contribution in [0.1, 0.15) is 0 Å². The van der Waals surface area contributed by atoms with Crippen LogP contribution in [0.15, 0.2) is 255 Å². The van der Waals surface area contributed by atoms with Gasteiger partial charge in [-0.2, -0.15) is 0 Å². The first-order chi connectivity index (χ1) is 34.7. The molecule has 0 fully saturated rings. The molecule has 0 amide bonds. The maximum Gasteiger partial charge on any atom is 0.148 e. The number of fused-ring (bicyclic) bond motifs is 6. The first kappa shape index (κ1) is 40.9. The highest BCUT2D eigenvalue weighted by Crippen LogP contribution is 2.54. The molecule has 70 heavy (non-hydrogen) atoms. The van der Waals surface area contributed by atoms with E-state index in [0.29, 0.717) is 5.69 Å². The molecule has 1 aliphatic rings. The fraction of sp³-hybridized carbons (Fsp3) is 0. The van der Waals surface area contributed by atoms with Crippen LogP contribution in [-0.4, -0.2) is 4.98 Å². The molecular weight excluding hydrogens is 858 g/mol. The summed E-state index contributed by atoms with van der Waals surface area (Å²) in [6.07, 6.45) is 1.83. The van der Waals surface area contributed by atoms with Crippen molar-refractivity contribution in [2.75, 3.05) is 9.80 Å². The summed E-state index contributed by atoms with van der Waals surface area (Å²) < 4.78 is 24.7. The van der Waals surface area contributed by atoms with Crippen molar-refractivity contribution in [3.05, 3.63) is 261 Å². The fourth-order valence-electron chi connectivity index (χ4n) is 10.4. The Morgan fingerprint density at radius 1 is 0.343 bits per heavy atom. The molecule has 1 aromatic heterocycles. The van der Waals surface area contributed by atoms with Crippen LogP contribution in [0.3, 0.4) is 0 Å². The minimum absolute atomic E-state index is 0.320. The van der Waals surface area contributed by atoms with Gasteiger partial charge in [-0.15, -0.1) is 0 Å². The van der Waals surface area contributed by atoms with Crippen molar-refractivity contribution < 1.29 is 9.13 Å². The maximum atomic E-state index is 17.7. The molecule has 0 bridgehead atoms. The van der Waals surface area contributed by atoms with Crippen LogP contribution in [0.5, 0.6) is 11.5 Å². The number of rotatable bonds is 9. The van der Waals surface area contributed by atoms with Crippen molar-refractivity contribution in [1.82, 2.24) is 4.98 Å². The van der Waals surface area contributed by atoms with E-state index in [2.05, 4.69) is 161 Å². The number of ether oxygens (including phenoxy) is 1. The second-order valence-electron chi connectivity index (χ2n) is 17.6. The Kier molecular flexibility index (Phi) is 9.98. The van der Waals surface area contributed by atoms with Gasteiger partial charge in [-0.25, -0.2) is 9.37 Å². The van der Waals surface area contributed by atoms with Crippen LogP contribution in [0.2, 0.25) is 0 Å². The number of nitrogens with zero attached hydrogens (tertiary/aromatic N) is 3. The van der Waals surface area contributed by atoms with E-state index in [-0.39, 0.29) is 5.82 Å². The van der Waals surface area contributed by atoms with Crippen LogP contribution in [0, 0.1) is 5.82 Å². The zero-order chi connectivity index (χ0) is 46.5.